The number of aryl methyl sites for hydroxylation is 1. The van der Waals surface area contributed by atoms with Crippen LogP contribution in [0.3, 0.4) is 0 Å². The third kappa shape index (κ3) is 4.39. The summed E-state index contributed by atoms with van der Waals surface area (Å²) in [6.07, 6.45) is -0.0592. The predicted molar refractivity (Wildman–Crippen MR) is 136 cm³/mol. The zero-order valence-corrected chi connectivity index (χ0v) is 21.9. The van der Waals surface area contributed by atoms with Gasteiger partial charge in [-0.2, -0.15) is 13.2 Å². The number of hydrogen-bond acceptors (Lipinski definition) is 5. The first-order chi connectivity index (χ1) is 17.8. The molecule has 7 nitrogen and oxygen atoms in total. The van der Waals surface area contributed by atoms with Crippen LogP contribution >= 0.6 is 0 Å². The highest BCUT2D eigenvalue weighted by atomic mass is 19.4. The number of hydrogen-bond donors (Lipinski definition) is 2. The molecule has 1 amide bonds. The zero-order chi connectivity index (χ0) is 27.5. The molecule has 0 saturated heterocycles. The largest absolute Gasteiger partial charge is 0.416 e. The molecule has 0 bridgehead atoms. The lowest BCUT2D eigenvalue weighted by Gasteiger charge is -2.39. The molecule has 0 radical (unpaired) electrons. The van der Waals surface area contributed by atoms with E-state index in [1.807, 2.05) is 13.8 Å². The highest BCUT2D eigenvalue weighted by Gasteiger charge is 2.43. The van der Waals surface area contributed by atoms with Gasteiger partial charge in [-0.15, -0.1) is 10.2 Å². The molecule has 2 heterocycles. The number of nitrogens with zero attached hydrogens (tertiary/aromatic N) is 4. The number of aromatic nitrogens is 3. The molecule has 10 heteroatoms. The Kier molecular flexibility index (Phi) is 6.38. The van der Waals surface area contributed by atoms with Crippen molar-refractivity contribution in [3.63, 3.8) is 0 Å². The van der Waals surface area contributed by atoms with Crippen LogP contribution in [0.4, 0.5) is 18.9 Å². The van der Waals surface area contributed by atoms with Gasteiger partial charge in [-0.25, -0.2) is 0 Å². The quantitative estimate of drug-likeness (QED) is 0.456. The average molecular weight is 528 g/mol. The number of fused-ring (bicyclic) bond motifs is 1. The maximum atomic E-state index is 14.1. The van der Waals surface area contributed by atoms with Gasteiger partial charge in [0.1, 0.15) is 6.33 Å². The van der Waals surface area contributed by atoms with Crippen LogP contribution in [0.1, 0.15) is 78.5 Å². The van der Waals surface area contributed by atoms with Crippen molar-refractivity contribution >= 4 is 11.6 Å². The Morgan fingerprint density at radius 1 is 1.18 bits per heavy atom. The van der Waals surface area contributed by atoms with E-state index in [1.54, 1.807) is 41.9 Å². The maximum Gasteiger partial charge on any atom is 0.416 e. The summed E-state index contributed by atoms with van der Waals surface area (Å²) < 4.78 is 44.0. The maximum absolute atomic E-state index is 14.1. The number of anilines is 1. The van der Waals surface area contributed by atoms with E-state index in [4.69, 9.17) is 0 Å². The fraction of sp³-hybridized carbons (Fsp3) is 0.464. The van der Waals surface area contributed by atoms with Crippen molar-refractivity contribution in [2.75, 3.05) is 4.90 Å². The van der Waals surface area contributed by atoms with E-state index in [1.165, 1.54) is 11.2 Å². The van der Waals surface area contributed by atoms with Crippen molar-refractivity contribution < 1.29 is 23.1 Å². The molecular formula is C28H32F3N5O2. The molecule has 1 aliphatic carbocycles. The van der Waals surface area contributed by atoms with Gasteiger partial charge in [-0.05, 0) is 73.1 Å². The van der Waals surface area contributed by atoms with E-state index >= 15 is 0 Å². The molecule has 2 N–H and O–H groups in total. The van der Waals surface area contributed by atoms with Crippen molar-refractivity contribution in [1.82, 2.24) is 20.1 Å². The van der Waals surface area contributed by atoms with Crippen molar-refractivity contribution in [3.8, 4) is 0 Å². The number of carbonyl (C=O) groups excluding carboxylic acids is 1. The fourth-order valence-corrected chi connectivity index (χ4v) is 5.49. The zero-order valence-electron chi connectivity index (χ0n) is 21.9. The first-order valence-electron chi connectivity index (χ1n) is 12.8. The number of aliphatic hydroxyl groups is 1. The Labute approximate surface area is 219 Å². The lowest BCUT2D eigenvalue weighted by molar-refractivity contribution is -0.138. The summed E-state index contributed by atoms with van der Waals surface area (Å²) in [4.78, 5) is 14.9. The molecule has 202 valence electrons. The van der Waals surface area contributed by atoms with Crippen LogP contribution in [0.2, 0.25) is 0 Å². The smallest absolute Gasteiger partial charge is 0.377 e. The SMILES string of the molecule is CC(C)[C@@](O)(c1cccc(N2Cc3c(cc(CNC4(C)CCC4)cc3C(F)(F)F)C2=O)c1)c1nncn1C. The number of nitrogens with one attached hydrogen (secondary N) is 1. The lowest BCUT2D eigenvalue weighted by Crippen LogP contribution is -2.47. The third-order valence-electron chi connectivity index (χ3n) is 8.07. The van der Waals surface area contributed by atoms with E-state index in [2.05, 4.69) is 22.4 Å². The summed E-state index contributed by atoms with van der Waals surface area (Å²) in [5.74, 6) is -0.472. The summed E-state index contributed by atoms with van der Waals surface area (Å²) in [5, 5.41) is 23.1. The minimum atomic E-state index is -4.60. The van der Waals surface area contributed by atoms with Gasteiger partial charge in [0.2, 0.25) is 0 Å². The van der Waals surface area contributed by atoms with Crippen molar-refractivity contribution in [2.45, 2.75) is 70.4 Å². The second kappa shape index (κ2) is 9.20. The fourth-order valence-electron chi connectivity index (χ4n) is 5.49. The van der Waals surface area contributed by atoms with Gasteiger partial charge in [-0.3, -0.25) is 4.79 Å². The third-order valence-corrected chi connectivity index (χ3v) is 8.07. The van der Waals surface area contributed by atoms with E-state index in [0.29, 0.717) is 22.6 Å². The number of alkyl halides is 3. The summed E-state index contributed by atoms with van der Waals surface area (Å²) in [5.41, 5.74) is -1.04. The van der Waals surface area contributed by atoms with Crippen LogP contribution in [-0.2, 0) is 31.9 Å². The van der Waals surface area contributed by atoms with Gasteiger partial charge in [0.25, 0.3) is 5.91 Å². The normalized spacial score (nSPS) is 18.4. The van der Waals surface area contributed by atoms with E-state index in [0.717, 1.165) is 25.3 Å². The summed E-state index contributed by atoms with van der Waals surface area (Å²) >= 11 is 0. The molecular weight excluding hydrogens is 495 g/mol. The number of benzene rings is 2. The molecule has 0 unspecified atom stereocenters. The highest BCUT2D eigenvalue weighted by Crippen LogP contribution is 2.42. The Bertz CT molecular complexity index is 1380. The van der Waals surface area contributed by atoms with Crippen LogP contribution in [0, 0.1) is 5.92 Å². The molecule has 1 fully saturated rings. The summed E-state index contributed by atoms with van der Waals surface area (Å²) in [7, 11) is 1.73. The molecule has 1 atom stereocenters. The van der Waals surface area contributed by atoms with E-state index in [9.17, 15) is 23.1 Å². The minimum Gasteiger partial charge on any atom is -0.377 e. The molecule has 5 rings (SSSR count). The molecule has 1 aromatic heterocycles. The van der Waals surface area contributed by atoms with Crippen LogP contribution in [-0.4, -0.2) is 31.3 Å². The summed E-state index contributed by atoms with van der Waals surface area (Å²) in [6.45, 7) is 5.80. The Morgan fingerprint density at radius 2 is 1.92 bits per heavy atom. The predicted octanol–water partition coefficient (Wildman–Crippen LogP) is 4.92. The van der Waals surface area contributed by atoms with Gasteiger partial charge >= 0.3 is 6.18 Å². The second-order valence-corrected chi connectivity index (χ2v) is 11.1. The summed E-state index contributed by atoms with van der Waals surface area (Å²) in [6, 6.07) is 9.45. The first kappa shape index (κ1) is 26.4. The molecule has 1 saturated carbocycles. The van der Waals surface area contributed by atoms with Crippen molar-refractivity contribution in [1.29, 1.82) is 0 Å². The lowest BCUT2D eigenvalue weighted by atomic mass is 9.78. The van der Waals surface area contributed by atoms with Crippen LogP contribution < -0.4 is 10.2 Å². The van der Waals surface area contributed by atoms with Gasteiger partial charge in [-0.1, -0.05) is 26.0 Å². The number of rotatable bonds is 7. The average Bonchev–Trinajstić information content (AvgIpc) is 3.43. The van der Waals surface area contributed by atoms with Gasteiger partial charge in [0.15, 0.2) is 11.4 Å². The van der Waals surface area contributed by atoms with Crippen LogP contribution in [0.15, 0.2) is 42.7 Å². The Morgan fingerprint density at radius 3 is 2.50 bits per heavy atom. The number of amides is 1. The Balaban J connectivity index is 1.51. The monoisotopic (exact) mass is 527 g/mol. The van der Waals surface area contributed by atoms with Crippen molar-refractivity contribution in [2.24, 2.45) is 13.0 Å². The topological polar surface area (TPSA) is 83.3 Å². The molecule has 1 aliphatic heterocycles. The molecule has 2 aromatic carbocycles. The van der Waals surface area contributed by atoms with Gasteiger partial charge < -0.3 is 19.9 Å². The second-order valence-electron chi connectivity index (χ2n) is 11.1. The molecule has 3 aromatic rings. The minimum absolute atomic E-state index is 0.0288. The number of carbonyl (C=O) groups is 1. The van der Waals surface area contributed by atoms with Gasteiger partial charge in [0.05, 0.1) is 12.1 Å². The molecule has 0 spiro atoms. The van der Waals surface area contributed by atoms with Crippen LogP contribution in [0.5, 0.6) is 0 Å². The van der Waals surface area contributed by atoms with Crippen LogP contribution in [0.25, 0.3) is 0 Å². The Hall–Kier alpha value is -3.24. The molecule has 38 heavy (non-hydrogen) atoms. The van der Waals surface area contributed by atoms with Crippen molar-refractivity contribution in [3.05, 3.63) is 76.4 Å². The van der Waals surface area contributed by atoms with E-state index in [-0.39, 0.29) is 35.7 Å². The standard InChI is InChI=1S/C28H32F3N5O2/c1-17(2)27(38,25-34-33-16-35(25)4)19-7-5-8-20(13-19)36-15-22-21(24(36)37)11-18(12-23(22)28(29,30)31)14-32-26(3)9-6-10-26/h5,7-8,11-13,16-17,32,38H,6,9-10,14-15H2,1-4H3/t27-/m1/s1. The van der Waals surface area contributed by atoms with Gasteiger partial charge in [0, 0.05) is 30.4 Å². The number of halogens is 3. The first-order valence-corrected chi connectivity index (χ1v) is 12.8. The molecule has 2 aliphatic rings. The van der Waals surface area contributed by atoms with E-state index < -0.39 is 23.2 Å². The highest BCUT2D eigenvalue weighted by molar-refractivity contribution is 6.10.